The molecule has 10 nitrogen and oxygen atoms in total. The maximum atomic E-state index is 12.8. The lowest BCUT2D eigenvalue weighted by atomic mass is 10.1. The smallest absolute Gasteiger partial charge is 0.343 e. The van der Waals surface area contributed by atoms with E-state index in [4.69, 9.17) is 28.4 Å². The average Bonchev–Trinajstić information content (AvgIpc) is 3.04. The molecule has 0 bridgehead atoms. The second-order valence-corrected chi connectivity index (χ2v) is 10.1. The average molecular weight is 631 g/mol. The Morgan fingerprint density at radius 1 is 0.543 bits per heavy atom. The molecule has 0 saturated heterocycles. The van der Waals surface area contributed by atoms with E-state index >= 15 is 0 Å². The van der Waals surface area contributed by atoms with E-state index in [1.165, 1.54) is 0 Å². The van der Waals surface area contributed by atoms with E-state index in [1.807, 2.05) is 0 Å². The summed E-state index contributed by atoms with van der Waals surface area (Å²) in [7, 11) is 0. The van der Waals surface area contributed by atoms with Crippen molar-refractivity contribution in [3.8, 4) is 23.0 Å². The number of carbonyl (C=O) groups excluding carboxylic acids is 4. The quantitative estimate of drug-likeness (QED) is 0.0664. The van der Waals surface area contributed by atoms with E-state index in [0.29, 0.717) is 97.4 Å². The van der Waals surface area contributed by atoms with Gasteiger partial charge in [0.05, 0.1) is 37.6 Å². The van der Waals surface area contributed by atoms with E-state index in [0.717, 1.165) is 12.2 Å². The largest absolute Gasteiger partial charge is 0.494 e. The Hall–Kier alpha value is -5.38. The summed E-state index contributed by atoms with van der Waals surface area (Å²) < 4.78 is 32.3. The molecular weight excluding hydrogens is 592 g/mol. The normalized spacial score (nSPS) is 10.3. The van der Waals surface area contributed by atoms with Crippen molar-refractivity contribution in [2.75, 3.05) is 26.4 Å². The predicted octanol–water partition coefficient (Wildman–Crippen LogP) is 6.52. The van der Waals surface area contributed by atoms with Crippen molar-refractivity contribution in [2.24, 2.45) is 0 Å². The first-order valence-corrected chi connectivity index (χ1v) is 14.8. The minimum atomic E-state index is -0.535. The number of hydrogen-bond acceptors (Lipinski definition) is 10. The number of esters is 4. The van der Waals surface area contributed by atoms with Gasteiger partial charge in [0.25, 0.3) is 0 Å². The lowest BCUT2D eigenvalue weighted by Gasteiger charge is -2.11. The highest BCUT2D eigenvalue weighted by Gasteiger charge is 2.15. The molecule has 0 aromatic heterocycles. The van der Waals surface area contributed by atoms with Crippen molar-refractivity contribution in [3.05, 3.63) is 108 Å². The molecule has 3 rings (SSSR count). The van der Waals surface area contributed by atoms with Gasteiger partial charge >= 0.3 is 23.9 Å². The van der Waals surface area contributed by atoms with Crippen LogP contribution in [0.5, 0.6) is 23.0 Å². The molecular formula is C36H38O10. The van der Waals surface area contributed by atoms with Crippen molar-refractivity contribution < 1.29 is 47.6 Å². The van der Waals surface area contributed by atoms with Crippen LogP contribution in [-0.4, -0.2) is 50.3 Å². The monoisotopic (exact) mass is 630 g/mol. The van der Waals surface area contributed by atoms with Gasteiger partial charge in [-0.3, -0.25) is 0 Å². The van der Waals surface area contributed by atoms with Crippen LogP contribution < -0.4 is 18.9 Å². The molecule has 3 aromatic rings. The van der Waals surface area contributed by atoms with Gasteiger partial charge in [-0.2, -0.15) is 0 Å². The maximum absolute atomic E-state index is 12.8. The van der Waals surface area contributed by atoms with Gasteiger partial charge in [0.15, 0.2) is 0 Å². The number of unbranched alkanes of at least 4 members (excludes halogenated alkanes) is 2. The number of benzene rings is 3. The Bertz CT molecular complexity index is 1410. The van der Waals surface area contributed by atoms with Gasteiger partial charge in [0.2, 0.25) is 0 Å². The second kappa shape index (κ2) is 18.4. The number of carbonyl (C=O) groups is 4. The summed E-state index contributed by atoms with van der Waals surface area (Å²) >= 11 is 0. The third-order valence-corrected chi connectivity index (χ3v) is 6.52. The van der Waals surface area contributed by atoms with Crippen LogP contribution in [0.2, 0.25) is 0 Å². The zero-order valence-electron chi connectivity index (χ0n) is 26.1. The highest BCUT2D eigenvalue weighted by atomic mass is 16.5. The Balaban J connectivity index is 1.44. The topological polar surface area (TPSA) is 124 Å². The van der Waals surface area contributed by atoms with Crippen LogP contribution in [0.1, 0.15) is 57.5 Å². The summed E-state index contributed by atoms with van der Waals surface area (Å²) in [4.78, 5) is 47.7. The Morgan fingerprint density at radius 3 is 1.24 bits per heavy atom. The fourth-order valence-electron chi connectivity index (χ4n) is 4.06. The number of hydrogen-bond donors (Lipinski definition) is 0. The van der Waals surface area contributed by atoms with Gasteiger partial charge in [-0.15, -0.1) is 0 Å². The summed E-state index contributed by atoms with van der Waals surface area (Å²) in [5.74, 6) is -0.164. The van der Waals surface area contributed by atoms with Crippen LogP contribution >= 0.6 is 0 Å². The SMILES string of the molecule is C=CC(=O)OCCCCOc1ccc(C(=O)Oc2ccc(OC(=O)c3ccc(OCCCCOC(=O)C=C)cc3C)cc2)c(C)c1. The summed E-state index contributed by atoms with van der Waals surface area (Å²) in [6.45, 7) is 11.7. The second-order valence-electron chi connectivity index (χ2n) is 10.1. The standard InChI is InChI=1S/C36H38O10/c1-5-33(37)43-21-9-7-19-41-29-15-17-31(25(3)23-29)35(39)45-27-11-13-28(14-12-27)46-36(40)32-18-16-30(24-26(32)4)42-20-8-10-22-44-34(38)6-2/h5-6,11-18,23-24H,1-2,7-10,19-22H2,3-4H3. The molecule has 0 spiro atoms. The lowest BCUT2D eigenvalue weighted by Crippen LogP contribution is -2.12. The van der Waals surface area contributed by atoms with Crippen molar-refractivity contribution in [3.63, 3.8) is 0 Å². The van der Waals surface area contributed by atoms with Crippen LogP contribution in [0.3, 0.4) is 0 Å². The summed E-state index contributed by atoms with van der Waals surface area (Å²) in [6.07, 6.45) is 4.95. The first kappa shape index (κ1) is 35.1. The molecule has 0 radical (unpaired) electrons. The minimum absolute atomic E-state index is 0.290. The third kappa shape index (κ3) is 11.6. The molecule has 0 saturated carbocycles. The molecule has 10 heteroatoms. The van der Waals surface area contributed by atoms with Crippen LogP contribution in [-0.2, 0) is 19.1 Å². The lowest BCUT2D eigenvalue weighted by molar-refractivity contribution is -0.138. The molecule has 242 valence electrons. The molecule has 0 aliphatic carbocycles. The fraction of sp³-hybridized carbons (Fsp3) is 0.278. The molecule has 0 heterocycles. The third-order valence-electron chi connectivity index (χ3n) is 6.52. The van der Waals surface area contributed by atoms with E-state index < -0.39 is 23.9 Å². The first-order chi connectivity index (χ1) is 22.2. The van der Waals surface area contributed by atoms with Crippen molar-refractivity contribution in [1.82, 2.24) is 0 Å². The van der Waals surface area contributed by atoms with E-state index in [-0.39, 0.29) is 0 Å². The van der Waals surface area contributed by atoms with Crippen molar-refractivity contribution in [2.45, 2.75) is 39.5 Å². The Morgan fingerprint density at radius 2 is 0.891 bits per heavy atom. The number of ether oxygens (including phenoxy) is 6. The van der Waals surface area contributed by atoms with Gasteiger partial charge in [-0.25, -0.2) is 19.2 Å². The maximum Gasteiger partial charge on any atom is 0.343 e. The predicted molar refractivity (Wildman–Crippen MR) is 170 cm³/mol. The number of aryl methyl sites for hydroxylation is 2. The molecule has 0 aliphatic heterocycles. The number of rotatable bonds is 18. The summed E-state index contributed by atoms with van der Waals surface area (Å²) in [5, 5.41) is 0. The van der Waals surface area contributed by atoms with Crippen LogP contribution in [0.4, 0.5) is 0 Å². The Kier molecular flexibility index (Phi) is 14.1. The zero-order chi connectivity index (χ0) is 33.3. The molecule has 0 aliphatic rings. The van der Waals surface area contributed by atoms with Crippen LogP contribution in [0.25, 0.3) is 0 Å². The molecule has 46 heavy (non-hydrogen) atoms. The van der Waals surface area contributed by atoms with Crippen LogP contribution in [0.15, 0.2) is 86.0 Å². The van der Waals surface area contributed by atoms with Gasteiger partial charge < -0.3 is 28.4 Å². The summed E-state index contributed by atoms with van der Waals surface area (Å²) in [6, 6.07) is 16.3. The van der Waals surface area contributed by atoms with Gasteiger partial charge in [0, 0.05) is 12.2 Å². The van der Waals surface area contributed by atoms with E-state index in [1.54, 1.807) is 74.5 Å². The summed E-state index contributed by atoms with van der Waals surface area (Å²) in [5.41, 5.74) is 2.14. The molecule has 0 fully saturated rings. The molecule has 0 atom stereocenters. The Labute approximate surface area is 268 Å². The first-order valence-electron chi connectivity index (χ1n) is 14.8. The van der Waals surface area contributed by atoms with Gasteiger partial charge in [0.1, 0.15) is 23.0 Å². The van der Waals surface area contributed by atoms with Crippen LogP contribution in [0, 0.1) is 13.8 Å². The molecule has 3 aromatic carbocycles. The van der Waals surface area contributed by atoms with E-state index in [9.17, 15) is 19.2 Å². The van der Waals surface area contributed by atoms with E-state index in [2.05, 4.69) is 13.2 Å². The van der Waals surface area contributed by atoms with Crippen molar-refractivity contribution >= 4 is 23.9 Å². The molecule has 0 amide bonds. The minimum Gasteiger partial charge on any atom is -0.494 e. The highest BCUT2D eigenvalue weighted by Crippen LogP contribution is 2.24. The fourth-order valence-corrected chi connectivity index (χ4v) is 4.06. The molecule has 0 N–H and O–H groups in total. The van der Waals surface area contributed by atoms with Crippen molar-refractivity contribution in [1.29, 1.82) is 0 Å². The zero-order valence-corrected chi connectivity index (χ0v) is 26.1. The van der Waals surface area contributed by atoms with Gasteiger partial charge in [-0.1, -0.05) is 13.2 Å². The van der Waals surface area contributed by atoms with Gasteiger partial charge in [-0.05, 0) is 111 Å². The molecule has 0 unspecified atom stereocenters. The highest BCUT2D eigenvalue weighted by molar-refractivity contribution is 5.93.